The van der Waals surface area contributed by atoms with E-state index in [0.29, 0.717) is 31.4 Å². The number of ether oxygens (including phenoxy) is 2. The highest BCUT2D eigenvalue weighted by atomic mass is 16.5. The molecular formula is C16H18N2O4. The first-order valence-corrected chi connectivity index (χ1v) is 7.27. The van der Waals surface area contributed by atoms with Crippen molar-refractivity contribution in [2.75, 3.05) is 13.2 Å². The van der Waals surface area contributed by atoms with E-state index in [4.69, 9.17) is 9.47 Å². The molecule has 22 heavy (non-hydrogen) atoms. The van der Waals surface area contributed by atoms with Crippen molar-refractivity contribution in [3.05, 3.63) is 47.8 Å². The van der Waals surface area contributed by atoms with Gasteiger partial charge in [0.15, 0.2) is 11.4 Å². The van der Waals surface area contributed by atoms with Gasteiger partial charge < -0.3 is 14.6 Å². The van der Waals surface area contributed by atoms with Crippen molar-refractivity contribution in [1.82, 2.24) is 9.78 Å². The molecule has 1 aliphatic rings. The Morgan fingerprint density at radius 1 is 1.41 bits per heavy atom. The fourth-order valence-electron chi connectivity index (χ4n) is 2.54. The van der Waals surface area contributed by atoms with Gasteiger partial charge in [0.1, 0.15) is 6.61 Å². The summed E-state index contributed by atoms with van der Waals surface area (Å²) in [4.78, 5) is 11.5. The zero-order valence-corrected chi connectivity index (χ0v) is 12.1. The molecule has 1 aliphatic heterocycles. The SMILES string of the molecule is O=C(O)c1c(OCc2ccccc2)cnn1CC1CCOC1. The topological polar surface area (TPSA) is 73.6 Å². The van der Waals surface area contributed by atoms with E-state index in [0.717, 1.165) is 18.6 Å². The van der Waals surface area contributed by atoms with Crippen LogP contribution < -0.4 is 4.74 Å². The molecule has 0 aliphatic carbocycles. The van der Waals surface area contributed by atoms with Crippen LogP contribution in [0.4, 0.5) is 0 Å². The molecule has 6 nitrogen and oxygen atoms in total. The molecule has 2 aromatic rings. The first kappa shape index (κ1) is 14.6. The highest BCUT2D eigenvalue weighted by Gasteiger charge is 2.23. The van der Waals surface area contributed by atoms with E-state index in [9.17, 15) is 9.90 Å². The van der Waals surface area contributed by atoms with Gasteiger partial charge in [-0.15, -0.1) is 0 Å². The molecule has 1 saturated heterocycles. The lowest BCUT2D eigenvalue weighted by molar-refractivity contribution is 0.0675. The maximum atomic E-state index is 11.5. The van der Waals surface area contributed by atoms with Crippen LogP contribution in [0.3, 0.4) is 0 Å². The summed E-state index contributed by atoms with van der Waals surface area (Å²) in [6.45, 7) is 2.24. The van der Waals surface area contributed by atoms with E-state index in [1.807, 2.05) is 30.3 Å². The van der Waals surface area contributed by atoms with Crippen molar-refractivity contribution in [1.29, 1.82) is 0 Å². The van der Waals surface area contributed by atoms with E-state index in [-0.39, 0.29) is 5.69 Å². The second kappa shape index (κ2) is 6.62. The summed E-state index contributed by atoms with van der Waals surface area (Å²) in [6.07, 6.45) is 2.40. The Kier molecular flexibility index (Phi) is 4.39. The van der Waals surface area contributed by atoms with Crippen molar-refractivity contribution >= 4 is 5.97 Å². The van der Waals surface area contributed by atoms with Gasteiger partial charge in [-0.2, -0.15) is 5.10 Å². The van der Waals surface area contributed by atoms with Crippen molar-refractivity contribution in [3.8, 4) is 5.75 Å². The van der Waals surface area contributed by atoms with Crippen molar-refractivity contribution in [2.45, 2.75) is 19.6 Å². The number of hydrogen-bond acceptors (Lipinski definition) is 4. The quantitative estimate of drug-likeness (QED) is 0.885. The van der Waals surface area contributed by atoms with E-state index < -0.39 is 5.97 Å². The largest absolute Gasteiger partial charge is 0.485 e. The zero-order chi connectivity index (χ0) is 15.4. The molecule has 1 N–H and O–H groups in total. The highest BCUT2D eigenvalue weighted by molar-refractivity contribution is 5.88. The van der Waals surface area contributed by atoms with Gasteiger partial charge in [-0.3, -0.25) is 4.68 Å². The standard InChI is InChI=1S/C16H18N2O4/c19-16(20)15-14(22-11-12-4-2-1-3-5-12)8-17-18(15)9-13-6-7-21-10-13/h1-5,8,13H,6-7,9-11H2,(H,19,20). The summed E-state index contributed by atoms with van der Waals surface area (Å²) >= 11 is 0. The van der Waals surface area contributed by atoms with E-state index in [2.05, 4.69) is 5.10 Å². The molecule has 6 heteroatoms. The van der Waals surface area contributed by atoms with Crippen LogP contribution in [0.5, 0.6) is 5.75 Å². The first-order chi connectivity index (χ1) is 10.7. The first-order valence-electron chi connectivity index (χ1n) is 7.27. The lowest BCUT2D eigenvalue weighted by atomic mass is 10.1. The number of benzene rings is 1. The Balaban J connectivity index is 1.73. The van der Waals surface area contributed by atoms with Crippen molar-refractivity contribution in [3.63, 3.8) is 0 Å². The average Bonchev–Trinajstić information content (AvgIpc) is 3.16. The summed E-state index contributed by atoms with van der Waals surface area (Å²) in [6, 6.07) is 9.62. The molecule has 1 aromatic heterocycles. The van der Waals surface area contributed by atoms with Crippen LogP contribution in [0, 0.1) is 5.92 Å². The molecule has 1 aromatic carbocycles. The summed E-state index contributed by atoms with van der Waals surface area (Å²) in [7, 11) is 0. The maximum absolute atomic E-state index is 11.5. The van der Waals surface area contributed by atoms with Crippen LogP contribution in [0.1, 0.15) is 22.5 Å². The van der Waals surface area contributed by atoms with Gasteiger partial charge in [0.25, 0.3) is 0 Å². The summed E-state index contributed by atoms with van der Waals surface area (Å²) in [5.74, 6) is -0.422. The normalized spacial score (nSPS) is 17.5. The van der Waals surface area contributed by atoms with Gasteiger partial charge in [0, 0.05) is 19.1 Å². The van der Waals surface area contributed by atoms with Crippen LogP contribution in [0.15, 0.2) is 36.5 Å². The highest BCUT2D eigenvalue weighted by Crippen LogP contribution is 2.22. The fraction of sp³-hybridized carbons (Fsp3) is 0.375. The molecule has 116 valence electrons. The molecule has 1 unspecified atom stereocenters. The van der Waals surface area contributed by atoms with Crippen LogP contribution in [0.2, 0.25) is 0 Å². The molecule has 1 fully saturated rings. The second-order valence-corrected chi connectivity index (χ2v) is 5.35. The Bertz CT molecular complexity index is 633. The van der Waals surface area contributed by atoms with Gasteiger partial charge in [-0.25, -0.2) is 4.79 Å². The van der Waals surface area contributed by atoms with E-state index in [1.165, 1.54) is 10.9 Å². The zero-order valence-electron chi connectivity index (χ0n) is 12.1. The Labute approximate surface area is 128 Å². The Morgan fingerprint density at radius 2 is 2.23 bits per heavy atom. The predicted molar refractivity (Wildman–Crippen MR) is 78.9 cm³/mol. The molecule has 0 saturated carbocycles. The van der Waals surface area contributed by atoms with Gasteiger partial charge in [0.2, 0.25) is 0 Å². The smallest absolute Gasteiger partial charge is 0.358 e. The number of nitrogens with zero attached hydrogens (tertiary/aromatic N) is 2. The summed E-state index contributed by atoms with van der Waals surface area (Å²) in [5.41, 5.74) is 1.08. The molecular weight excluding hydrogens is 284 g/mol. The van der Waals surface area contributed by atoms with Gasteiger partial charge >= 0.3 is 5.97 Å². The minimum absolute atomic E-state index is 0.0998. The molecule has 0 amide bonds. The lowest BCUT2D eigenvalue weighted by Gasteiger charge is -2.10. The monoisotopic (exact) mass is 302 g/mol. The molecule has 3 rings (SSSR count). The van der Waals surface area contributed by atoms with Crippen LogP contribution in [0.25, 0.3) is 0 Å². The number of carboxylic acids is 1. The Morgan fingerprint density at radius 3 is 2.91 bits per heavy atom. The van der Waals surface area contributed by atoms with Crippen molar-refractivity contribution < 1.29 is 19.4 Å². The number of hydrogen-bond donors (Lipinski definition) is 1. The van der Waals surface area contributed by atoms with Gasteiger partial charge in [0.05, 0.1) is 12.8 Å². The third-order valence-electron chi connectivity index (χ3n) is 3.70. The minimum atomic E-state index is -1.03. The second-order valence-electron chi connectivity index (χ2n) is 5.35. The number of carboxylic acid groups (broad SMARTS) is 1. The van der Waals surface area contributed by atoms with Crippen LogP contribution in [-0.2, 0) is 17.9 Å². The van der Waals surface area contributed by atoms with Gasteiger partial charge in [-0.05, 0) is 12.0 Å². The molecule has 1 atom stereocenters. The van der Waals surface area contributed by atoms with Crippen LogP contribution >= 0.6 is 0 Å². The predicted octanol–water partition coefficient (Wildman–Crippen LogP) is 2.20. The summed E-state index contributed by atoms with van der Waals surface area (Å²) < 4.78 is 12.5. The van der Waals surface area contributed by atoms with Crippen LogP contribution in [-0.4, -0.2) is 34.1 Å². The van der Waals surface area contributed by atoms with Crippen molar-refractivity contribution in [2.24, 2.45) is 5.92 Å². The third kappa shape index (κ3) is 3.28. The maximum Gasteiger partial charge on any atom is 0.358 e. The number of aromatic nitrogens is 2. The van der Waals surface area contributed by atoms with Gasteiger partial charge in [-0.1, -0.05) is 30.3 Å². The molecule has 0 radical (unpaired) electrons. The lowest BCUT2D eigenvalue weighted by Crippen LogP contribution is -2.17. The minimum Gasteiger partial charge on any atom is -0.485 e. The number of aromatic carboxylic acids is 1. The number of carbonyl (C=O) groups is 1. The Hall–Kier alpha value is -2.34. The third-order valence-corrected chi connectivity index (χ3v) is 3.70. The van der Waals surface area contributed by atoms with E-state index >= 15 is 0 Å². The molecule has 0 spiro atoms. The summed E-state index contributed by atoms with van der Waals surface area (Å²) in [5, 5.41) is 13.6. The van der Waals surface area contributed by atoms with E-state index in [1.54, 1.807) is 0 Å². The average molecular weight is 302 g/mol. The molecule has 2 heterocycles. The fourth-order valence-corrected chi connectivity index (χ4v) is 2.54. The number of rotatable bonds is 6. The molecule has 0 bridgehead atoms.